The van der Waals surface area contributed by atoms with Crippen LogP contribution < -0.4 is 10.6 Å². The lowest BCUT2D eigenvalue weighted by Gasteiger charge is -2.12. The van der Waals surface area contributed by atoms with Gasteiger partial charge in [0, 0.05) is 5.69 Å². The number of ether oxygens (including phenoxy) is 1. The minimum Gasteiger partial charge on any atom is -0.464 e. The first-order valence-corrected chi connectivity index (χ1v) is 6.85. The molecule has 20 heavy (non-hydrogen) atoms. The SMILES string of the molecule is Cc1cccc(C)c1NC(=O)NCCOC(=O)C1CC1. The van der Waals surface area contributed by atoms with Crippen molar-refractivity contribution in [3.63, 3.8) is 0 Å². The highest BCUT2D eigenvalue weighted by molar-refractivity contribution is 5.90. The fourth-order valence-electron chi connectivity index (χ4n) is 1.92. The van der Waals surface area contributed by atoms with Gasteiger partial charge < -0.3 is 15.4 Å². The van der Waals surface area contributed by atoms with Crippen molar-refractivity contribution < 1.29 is 14.3 Å². The van der Waals surface area contributed by atoms with Crippen LogP contribution in [0.1, 0.15) is 24.0 Å². The molecule has 1 aromatic rings. The van der Waals surface area contributed by atoms with Crippen molar-refractivity contribution in [2.45, 2.75) is 26.7 Å². The molecule has 2 rings (SSSR count). The predicted molar refractivity (Wildman–Crippen MR) is 76.6 cm³/mol. The normalized spacial score (nSPS) is 13.7. The quantitative estimate of drug-likeness (QED) is 0.641. The van der Waals surface area contributed by atoms with Crippen LogP contribution >= 0.6 is 0 Å². The molecule has 0 atom stereocenters. The number of esters is 1. The van der Waals surface area contributed by atoms with Crippen molar-refractivity contribution in [2.75, 3.05) is 18.5 Å². The average Bonchev–Trinajstić information content (AvgIpc) is 3.23. The summed E-state index contributed by atoms with van der Waals surface area (Å²) in [6.07, 6.45) is 1.86. The highest BCUT2D eigenvalue weighted by Gasteiger charge is 2.30. The van der Waals surface area contributed by atoms with E-state index in [1.165, 1.54) is 0 Å². The van der Waals surface area contributed by atoms with Crippen molar-refractivity contribution in [2.24, 2.45) is 5.92 Å². The summed E-state index contributed by atoms with van der Waals surface area (Å²) < 4.78 is 5.03. The number of amides is 2. The first-order valence-electron chi connectivity index (χ1n) is 6.85. The number of carbonyl (C=O) groups is 2. The third kappa shape index (κ3) is 3.98. The summed E-state index contributed by atoms with van der Waals surface area (Å²) in [7, 11) is 0. The molecule has 0 saturated heterocycles. The van der Waals surface area contributed by atoms with Crippen LogP contribution in [0.2, 0.25) is 0 Å². The molecule has 2 N–H and O–H groups in total. The largest absolute Gasteiger partial charge is 0.464 e. The number of nitrogens with one attached hydrogen (secondary N) is 2. The van der Waals surface area contributed by atoms with Crippen LogP contribution in [0, 0.1) is 19.8 Å². The second-order valence-corrected chi connectivity index (χ2v) is 5.09. The number of anilines is 1. The minimum atomic E-state index is -0.287. The summed E-state index contributed by atoms with van der Waals surface area (Å²) in [5.41, 5.74) is 2.85. The monoisotopic (exact) mass is 276 g/mol. The lowest BCUT2D eigenvalue weighted by molar-refractivity contribution is -0.144. The number of urea groups is 1. The Labute approximate surface area is 118 Å². The van der Waals surface area contributed by atoms with Gasteiger partial charge in [0.15, 0.2) is 0 Å². The molecule has 0 bridgehead atoms. The molecule has 1 aliphatic carbocycles. The first-order chi connectivity index (χ1) is 9.58. The second-order valence-electron chi connectivity index (χ2n) is 5.09. The van der Waals surface area contributed by atoms with E-state index in [0.29, 0.717) is 6.54 Å². The van der Waals surface area contributed by atoms with Crippen molar-refractivity contribution in [3.05, 3.63) is 29.3 Å². The third-order valence-electron chi connectivity index (χ3n) is 3.26. The smallest absolute Gasteiger partial charge is 0.319 e. The molecule has 0 radical (unpaired) electrons. The van der Waals surface area contributed by atoms with Gasteiger partial charge in [-0.1, -0.05) is 18.2 Å². The lowest BCUT2D eigenvalue weighted by Crippen LogP contribution is -2.32. The van der Waals surface area contributed by atoms with Crippen LogP contribution in [0.15, 0.2) is 18.2 Å². The summed E-state index contributed by atoms with van der Waals surface area (Å²) in [6, 6.07) is 5.55. The minimum absolute atomic E-state index is 0.0958. The van der Waals surface area contributed by atoms with Gasteiger partial charge in [-0.3, -0.25) is 4.79 Å². The molecule has 0 aliphatic heterocycles. The topological polar surface area (TPSA) is 67.4 Å². The summed E-state index contributed by atoms with van der Waals surface area (Å²) in [4.78, 5) is 23.0. The number of carbonyl (C=O) groups excluding carboxylic acids is 2. The van der Waals surface area contributed by atoms with E-state index >= 15 is 0 Å². The van der Waals surface area contributed by atoms with Gasteiger partial charge in [-0.2, -0.15) is 0 Å². The van der Waals surface area contributed by atoms with Crippen molar-refractivity contribution in [1.29, 1.82) is 0 Å². The number of benzene rings is 1. The Kier molecular flexibility index (Phi) is 4.61. The van der Waals surface area contributed by atoms with Gasteiger partial charge in [-0.15, -0.1) is 0 Å². The standard InChI is InChI=1S/C15H20N2O3/c1-10-4-3-5-11(2)13(10)17-15(19)16-8-9-20-14(18)12-6-7-12/h3-5,12H,6-9H2,1-2H3,(H2,16,17,19). The molecule has 1 aromatic carbocycles. The van der Waals surface area contributed by atoms with E-state index in [9.17, 15) is 9.59 Å². The Bertz CT molecular complexity index is 490. The van der Waals surface area contributed by atoms with E-state index in [2.05, 4.69) is 10.6 Å². The maximum atomic E-state index is 11.7. The second kappa shape index (κ2) is 6.41. The molecule has 0 aromatic heterocycles. The Morgan fingerprint density at radius 1 is 1.25 bits per heavy atom. The zero-order valence-electron chi connectivity index (χ0n) is 11.9. The van der Waals surface area contributed by atoms with Gasteiger partial charge in [0.05, 0.1) is 12.5 Å². The first kappa shape index (κ1) is 14.4. The van der Waals surface area contributed by atoms with Crippen molar-refractivity contribution in [1.82, 2.24) is 5.32 Å². The van der Waals surface area contributed by atoms with E-state index in [1.54, 1.807) is 0 Å². The maximum absolute atomic E-state index is 11.7. The van der Waals surface area contributed by atoms with Crippen LogP contribution in [0.4, 0.5) is 10.5 Å². The lowest BCUT2D eigenvalue weighted by atomic mass is 10.1. The highest BCUT2D eigenvalue weighted by Crippen LogP contribution is 2.29. The Balaban J connectivity index is 1.71. The molecule has 2 amide bonds. The van der Waals surface area contributed by atoms with Crippen molar-refractivity contribution in [3.8, 4) is 0 Å². The summed E-state index contributed by atoms with van der Waals surface area (Å²) in [6.45, 7) is 4.42. The maximum Gasteiger partial charge on any atom is 0.319 e. The number of rotatable bonds is 5. The van der Waals surface area contributed by atoms with E-state index in [0.717, 1.165) is 29.7 Å². The van der Waals surface area contributed by atoms with Gasteiger partial charge >= 0.3 is 12.0 Å². The molecule has 1 fully saturated rings. The highest BCUT2D eigenvalue weighted by atomic mass is 16.5. The molecule has 5 heteroatoms. The molecule has 108 valence electrons. The van der Waals surface area contributed by atoms with Crippen LogP contribution in [0.5, 0.6) is 0 Å². The van der Waals surface area contributed by atoms with Crippen LogP contribution in [0.25, 0.3) is 0 Å². The molecule has 1 saturated carbocycles. The van der Waals surface area contributed by atoms with E-state index in [1.807, 2.05) is 32.0 Å². The zero-order valence-corrected chi connectivity index (χ0v) is 11.9. The van der Waals surface area contributed by atoms with Crippen LogP contribution in [-0.2, 0) is 9.53 Å². The van der Waals surface area contributed by atoms with Crippen molar-refractivity contribution >= 4 is 17.7 Å². The molecule has 0 spiro atoms. The number of aryl methyl sites for hydroxylation is 2. The van der Waals surface area contributed by atoms with Gasteiger partial charge in [0.2, 0.25) is 0 Å². The average molecular weight is 276 g/mol. The molecular formula is C15H20N2O3. The molecule has 1 aliphatic rings. The summed E-state index contributed by atoms with van der Waals surface area (Å²) in [5, 5.41) is 5.48. The van der Waals surface area contributed by atoms with Crippen LogP contribution in [0.3, 0.4) is 0 Å². The van der Waals surface area contributed by atoms with Crippen LogP contribution in [-0.4, -0.2) is 25.2 Å². The van der Waals surface area contributed by atoms with E-state index in [4.69, 9.17) is 4.74 Å². The fraction of sp³-hybridized carbons (Fsp3) is 0.467. The fourth-order valence-corrected chi connectivity index (χ4v) is 1.92. The predicted octanol–water partition coefficient (Wildman–Crippen LogP) is 2.38. The molecular weight excluding hydrogens is 256 g/mol. The molecule has 0 heterocycles. The summed E-state index contributed by atoms with van der Waals surface area (Å²) >= 11 is 0. The Morgan fingerprint density at radius 2 is 1.90 bits per heavy atom. The summed E-state index contributed by atoms with van der Waals surface area (Å²) in [5.74, 6) is -0.0552. The van der Waals surface area contributed by atoms with E-state index in [-0.39, 0.29) is 24.5 Å². The third-order valence-corrected chi connectivity index (χ3v) is 3.26. The van der Waals surface area contributed by atoms with Gasteiger partial charge in [-0.05, 0) is 37.8 Å². The molecule has 5 nitrogen and oxygen atoms in total. The van der Waals surface area contributed by atoms with Gasteiger partial charge in [-0.25, -0.2) is 4.79 Å². The van der Waals surface area contributed by atoms with Gasteiger partial charge in [0.25, 0.3) is 0 Å². The number of para-hydroxylation sites is 1. The van der Waals surface area contributed by atoms with E-state index < -0.39 is 0 Å². The van der Waals surface area contributed by atoms with Gasteiger partial charge in [0.1, 0.15) is 6.61 Å². The zero-order chi connectivity index (χ0) is 14.5. The molecule has 0 unspecified atom stereocenters. The Morgan fingerprint density at radius 3 is 2.50 bits per heavy atom. The number of hydrogen-bond donors (Lipinski definition) is 2. The number of hydrogen-bond acceptors (Lipinski definition) is 3. The Hall–Kier alpha value is -2.04.